The highest BCUT2D eigenvalue weighted by atomic mass is 19.1. The van der Waals surface area contributed by atoms with Gasteiger partial charge in [-0.25, -0.2) is 18.7 Å². The van der Waals surface area contributed by atoms with Crippen molar-refractivity contribution in [2.45, 2.75) is 38.6 Å². The fraction of sp³-hybridized carbons (Fsp3) is 0.171. The third kappa shape index (κ3) is 4.61. The SMILES string of the molecule is CCC(=O)c1c(-c2ccc(F)cc2)oc2ccc(-c3cc(C(=O)NC4(c5ncc6cnccc6n5)CC4)ccc3C)c(F)c12. The lowest BCUT2D eigenvalue weighted by molar-refractivity contribution is 0.0927. The lowest BCUT2D eigenvalue weighted by atomic mass is 9.94. The van der Waals surface area contributed by atoms with Crippen molar-refractivity contribution in [3.05, 3.63) is 113 Å². The molecule has 1 aliphatic rings. The summed E-state index contributed by atoms with van der Waals surface area (Å²) < 4.78 is 36.0. The maximum atomic E-state index is 16.5. The highest BCUT2D eigenvalue weighted by Crippen LogP contribution is 2.44. The first kappa shape index (κ1) is 27.5. The van der Waals surface area contributed by atoms with E-state index >= 15 is 4.39 Å². The molecule has 218 valence electrons. The number of fused-ring (bicyclic) bond motifs is 2. The van der Waals surface area contributed by atoms with E-state index in [2.05, 4.69) is 20.3 Å². The molecular formula is C35H26F2N4O3. The first-order valence-electron chi connectivity index (χ1n) is 14.3. The average molecular weight is 589 g/mol. The second-order valence-electron chi connectivity index (χ2n) is 11.1. The van der Waals surface area contributed by atoms with Gasteiger partial charge in [0, 0.05) is 47.1 Å². The van der Waals surface area contributed by atoms with Gasteiger partial charge in [-0.1, -0.05) is 13.0 Å². The van der Waals surface area contributed by atoms with E-state index in [-0.39, 0.29) is 46.0 Å². The van der Waals surface area contributed by atoms with Crippen molar-refractivity contribution in [1.82, 2.24) is 20.3 Å². The Kier molecular flexibility index (Phi) is 6.53. The van der Waals surface area contributed by atoms with Crippen molar-refractivity contribution in [3.63, 3.8) is 0 Å². The summed E-state index contributed by atoms with van der Waals surface area (Å²) in [6, 6.07) is 15.6. The number of carbonyl (C=O) groups is 2. The van der Waals surface area contributed by atoms with Gasteiger partial charge in [0.05, 0.1) is 16.5 Å². The zero-order valence-electron chi connectivity index (χ0n) is 23.9. The number of Topliss-reactive ketones (excluding diaryl/α,β-unsaturated/α-hetero) is 1. The second kappa shape index (κ2) is 10.4. The van der Waals surface area contributed by atoms with E-state index in [1.807, 2.05) is 6.92 Å². The number of aryl methyl sites for hydroxylation is 1. The van der Waals surface area contributed by atoms with Crippen LogP contribution in [-0.2, 0) is 5.54 Å². The summed E-state index contributed by atoms with van der Waals surface area (Å²) in [4.78, 5) is 39.9. The summed E-state index contributed by atoms with van der Waals surface area (Å²) in [5, 5.41) is 3.98. The molecule has 1 aliphatic carbocycles. The number of hydrogen-bond acceptors (Lipinski definition) is 6. The standard InChI is InChI=1S/C35H26F2N4O3/c1-3-27(42)29-30-28(44-32(29)20-6-8-23(36)9-7-20)11-10-24(31(30)37)25-16-21(5-4-19(25)2)33(43)41-35(13-14-35)34-39-18-22-17-38-15-12-26(22)40-34/h4-12,15-18H,3,13-14H2,1-2H3,(H,41,43). The molecule has 1 N–H and O–H groups in total. The average Bonchev–Trinajstić information content (AvgIpc) is 3.72. The Labute approximate surface area is 251 Å². The fourth-order valence-electron chi connectivity index (χ4n) is 5.58. The van der Waals surface area contributed by atoms with Crippen LogP contribution >= 0.6 is 0 Å². The van der Waals surface area contributed by atoms with E-state index in [9.17, 15) is 14.0 Å². The van der Waals surface area contributed by atoms with Crippen LogP contribution in [-0.4, -0.2) is 26.6 Å². The molecule has 3 heterocycles. The van der Waals surface area contributed by atoms with Crippen molar-refractivity contribution in [3.8, 4) is 22.5 Å². The summed E-state index contributed by atoms with van der Waals surface area (Å²) in [6.45, 7) is 3.52. The molecule has 0 atom stereocenters. The number of nitrogens with one attached hydrogen (secondary N) is 1. The Bertz CT molecular complexity index is 2120. The number of carbonyl (C=O) groups excluding carboxylic acids is 2. The lowest BCUT2D eigenvalue weighted by Gasteiger charge is -2.17. The largest absolute Gasteiger partial charge is 0.455 e. The molecule has 1 saturated carbocycles. The molecule has 0 aliphatic heterocycles. The summed E-state index contributed by atoms with van der Waals surface area (Å²) in [6.07, 6.45) is 6.58. The predicted molar refractivity (Wildman–Crippen MR) is 162 cm³/mol. The number of furan rings is 1. The third-order valence-corrected chi connectivity index (χ3v) is 8.20. The molecule has 1 fully saturated rings. The van der Waals surface area contributed by atoms with Gasteiger partial charge >= 0.3 is 0 Å². The topological polar surface area (TPSA) is 98.0 Å². The molecule has 6 aromatic rings. The van der Waals surface area contributed by atoms with E-state index < -0.39 is 17.2 Å². The maximum Gasteiger partial charge on any atom is 0.252 e. The van der Waals surface area contributed by atoms with Gasteiger partial charge in [-0.05, 0) is 85.5 Å². The highest BCUT2D eigenvalue weighted by molar-refractivity contribution is 6.13. The number of aromatic nitrogens is 3. The number of ketones is 1. The van der Waals surface area contributed by atoms with Crippen LogP contribution in [0.2, 0.25) is 0 Å². The quantitative estimate of drug-likeness (QED) is 0.192. The molecule has 0 unspecified atom stereocenters. The summed E-state index contributed by atoms with van der Waals surface area (Å²) in [5.74, 6) is -0.961. The van der Waals surface area contributed by atoms with E-state index in [0.29, 0.717) is 35.4 Å². The van der Waals surface area contributed by atoms with Crippen LogP contribution < -0.4 is 5.32 Å². The Morgan fingerprint density at radius 3 is 2.52 bits per heavy atom. The lowest BCUT2D eigenvalue weighted by Crippen LogP contribution is -2.36. The van der Waals surface area contributed by atoms with Gasteiger partial charge in [-0.2, -0.15) is 0 Å². The van der Waals surface area contributed by atoms with Crippen LogP contribution in [0.1, 0.15) is 58.3 Å². The van der Waals surface area contributed by atoms with Gasteiger partial charge in [0.2, 0.25) is 0 Å². The second-order valence-corrected chi connectivity index (χ2v) is 11.1. The van der Waals surface area contributed by atoms with Crippen molar-refractivity contribution in [2.24, 2.45) is 0 Å². The van der Waals surface area contributed by atoms with Gasteiger partial charge in [0.1, 0.15) is 28.5 Å². The summed E-state index contributed by atoms with van der Waals surface area (Å²) in [7, 11) is 0. The van der Waals surface area contributed by atoms with E-state index in [1.165, 1.54) is 24.3 Å². The number of hydrogen-bond donors (Lipinski definition) is 1. The van der Waals surface area contributed by atoms with Gasteiger partial charge in [-0.15, -0.1) is 0 Å². The molecule has 3 aromatic heterocycles. The maximum absolute atomic E-state index is 16.5. The van der Waals surface area contributed by atoms with Crippen molar-refractivity contribution in [2.75, 3.05) is 0 Å². The van der Waals surface area contributed by atoms with Crippen molar-refractivity contribution >= 4 is 33.6 Å². The summed E-state index contributed by atoms with van der Waals surface area (Å²) >= 11 is 0. The zero-order valence-corrected chi connectivity index (χ0v) is 23.9. The van der Waals surface area contributed by atoms with E-state index in [0.717, 1.165) is 16.5 Å². The molecule has 7 rings (SSSR count). The van der Waals surface area contributed by atoms with Gasteiger partial charge < -0.3 is 9.73 Å². The minimum atomic E-state index is -0.674. The number of halogens is 2. The van der Waals surface area contributed by atoms with Gasteiger partial charge in [-0.3, -0.25) is 14.6 Å². The number of benzene rings is 3. The van der Waals surface area contributed by atoms with E-state index in [1.54, 1.807) is 61.9 Å². The van der Waals surface area contributed by atoms with Gasteiger partial charge in [0.15, 0.2) is 11.6 Å². The molecule has 0 spiro atoms. The minimum Gasteiger partial charge on any atom is -0.455 e. The van der Waals surface area contributed by atoms with Crippen LogP contribution in [0.5, 0.6) is 0 Å². The van der Waals surface area contributed by atoms with Crippen molar-refractivity contribution in [1.29, 1.82) is 0 Å². The van der Waals surface area contributed by atoms with Gasteiger partial charge in [0.25, 0.3) is 5.91 Å². The monoisotopic (exact) mass is 588 g/mol. The number of nitrogens with zero attached hydrogens (tertiary/aromatic N) is 3. The number of pyridine rings is 1. The Hall–Kier alpha value is -5.31. The molecule has 7 nitrogen and oxygen atoms in total. The minimum absolute atomic E-state index is 0.0588. The molecule has 3 aromatic carbocycles. The van der Waals surface area contributed by atoms with Crippen LogP contribution in [0.3, 0.4) is 0 Å². The molecule has 0 radical (unpaired) electrons. The molecule has 1 amide bonds. The molecule has 9 heteroatoms. The first-order chi connectivity index (χ1) is 21.3. The Morgan fingerprint density at radius 1 is 0.977 bits per heavy atom. The summed E-state index contributed by atoms with van der Waals surface area (Å²) in [5.41, 5.74) is 2.70. The molecule has 0 saturated heterocycles. The van der Waals surface area contributed by atoms with Crippen LogP contribution in [0.4, 0.5) is 8.78 Å². The smallest absolute Gasteiger partial charge is 0.252 e. The van der Waals surface area contributed by atoms with Crippen LogP contribution in [0.25, 0.3) is 44.3 Å². The predicted octanol–water partition coefficient (Wildman–Crippen LogP) is 7.70. The van der Waals surface area contributed by atoms with Crippen LogP contribution in [0.15, 0.2) is 83.7 Å². The number of amides is 1. The third-order valence-electron chi connectivity index (χ3n) is 8.20. The number of rotatable bonds is 7. The Balaban J connectivity index is 1.27. The normalized spacial score (nSPS) is 13.7. The van der Waals surface area contributed by atoms with Crippen molar-refractivity contribution < 1.29 is 22.8 Å². The zero-order chi connectivity index (χ0) is 30.6. The highest BCUT2D eigenvalue weighted by Gasteiger charge is 2.48. The first-order valence-corrected chi connectivity index (χ1v) is 14.3. The fourth-order valence-corrected chi connectivity index (χ4v) is 5.58. The molecular weight excluding hydrogens is 562 g/mol. The van der Waals surface area contributed by atoms with E-state index in [4.69, 9.17) is 4.42 Å². The Morgan fingerprint density at radius 2 is 1.77 bits per heavy atom. The molecule has 0 bridgehead atoms. The van der Waals surface area contributed by atoms with Crippen LogP contribution in [0, 0.1) is 18.6 Å². The molecule has 44 heavy (non-hydrogen) atoms.